The molecule has 1 aromatic carbocycles. The SMILES string of the molecule is CC.O=Cc1nccc2c1[nH]c1ccccc12.[HH]. The number of rotatable bonds is 1. The summed E-state index contributed by atoms with van der Waals surface area (Å²) in [7, 11) is 0. The summed E-state index contributed by atoms with van der Waals surface area (Å²) in [4.78, 5) is 18.0. The number of carbonyl (C=O) groups is 1. The predicted molar refractivity (Wildman–Crippen MR) is 72.4 cm³/mol. The second kappa shape index (κ2) is 4.78. The quantitative estimate of drug-likeness (QED) is 0.644. The molecule has 0 saturated carbocycles. The maximum Gasteiger partial charge on any atom is 0.170 e. The normalized spacial score (nSPS) is 10.0. The summed E-state index contributed by atoms with van der Waals surface area (Å²) in [5, 5.41) is 2.17. The average molecular weight is 228 g/mol. The molecule has 0 aliphatic heterocycles. The summed E-state index contributed by atoms with van der Waals surface area (Å²) in [6.07, 6.45) is 2.43. The number of benzene rings is 1. The van der Waals surface area contributed by atoms with E-state index in [1.165, 1.54) is 0 Å². The Bertz CT molecular complexity index is 661. The fraction of sp³-hybridized carbons (Fsp3) is 0.143. The highest BCUT2D eigenvalue weighted by atomic mass is 16.1. The summed E-state index contributed by atoms with van der Waals surface area (Å²) in [6, 6.07) is 9.89. The zero-order valence-corrected chi connectivity index (χ0v) is 9.90. The predicted octanol–water partition coefficient (Wildman–Crippen LogP) is 3.80. The van der Waals surface area contributed by atoms with E-state index in [9.17, 15) is 4.79 Å². The van der Waals surface area contributed by atoms with Crippen molar-refractivity contribution in [1.29, 1.82) is 0 Å². The zero-order chi connectivity index (χ0) is 12.3. The first-order valence-electron chi connectivity index (χ1n) is 5.71. The van der Waals surface area contributed by atoms with Crippen LogP contribution in [0.25, 0.3) is 21.8 Å². The summed E-state index contributed by atoms with van der Waals surface area (Å²) >= 11 is 0. The number of hydrogen-bond acceptors (Lipinski definition) is 2. The molecule has 0 fully saturated rings. The molecule has 3 aromatic rings. The highest BCUT2D eigenvalue weighted by Gasteiger charge is 2.06. The van der Waals surface area contributed by atoms with E-state index in [0.717, 1.165) is 28.1 Å². The second-order valence-corrected chi connectivity index (χ2v) is 3.41. The highest BCUT2D eigenvalue weighted by molar-refractivity contribution is 6.10. The van der Waals surface area contributed by atoms with E-state index in [4.69, 9.17) is 0 Å². The lowest BCUT2D eigenvalue weighted by molar-refractivity contribution is 0.112. The zero-order valence-electron chi connectivity index (χ0n) is 9.90. The lowest BCUT2D eigenvalue weighted by Crippen LogP contribution is -1.86. The van der Waals surface area contributed by atoms with Crippen molar-refractivity contribution in [2.45, 2.75) is 13.8 Å². The van der Waals surface area contributed by atoms with Gasteiger partial charge in [-0.3, -0.25) is 9.78 Å². The standard InChI is InChI=1S/C12H8N2O.C2H6.H2/c15-7-11-12-9(5-6-13-11)8-3-1-2-4-10(8)14-12;1-2;/h1-7,14H;1-2H3;1H. The Labute approximate surface area is 101 Å². The van der Waals surface area contributed by atoms with Gasteiger partial charge in [0.15, 0.2) is 6.29 Å². The molecule has 0 atom stereocenters. The van der Waals surface area contributed by atoms with E-state index in [2.05, 4.69) is 9.97 Å². The first kappa shape index (κ1) is 11.3. The molecule has 3 rings (SSSR count). The van der Waals surface area contributed by atoms with E-state index in [-0.39, 0.29) is 1.43 Å². The van der Waals surface area contributed by atoms with Gasteiger partial charge in [0.05, 0.1) is 5.52 Å². The molecule has 0 radical (unpaired) electrons. The number of pyridine rings is 1. The van der Waals surface area contributed by atoms with Crippen LogP contribution in [0.15, 0.2) is 36.5 Å². The van der Waals surface area contributed by atoms with Crippen LogP contribution < -0.4 is 0 Å². The lowest BCUT2D eigenvalue weighted by Gasteiger charge is -1.91. The van der Waals surface area contributed by atoms with Gasteiger partial charge < -0.3 is 4.98 Å². The number of nitrogens with one attached hydrogen (secondary N) is 1. The Balaban J connectivity index is 0.000000516. The van der Waals surface area contributed by atoms with Crippen LogP contribution in [-0.4, -0.2) is 16.3 Å². The van der Waals surface area contributed by atoms with Crippen LogP contribution in [-0.2, 0) is 0 Å². The van der Waals surface area contributed by atoms with Gasteiger partial charge in [0, 0.05) is 23.9 Å². The summed E-state index contributed by atoms with van der Waals surface area (Å²) in [5.41, 5.74) is 2.31. The Morgan fingerprint density at radius 2 is 1.94 bits per heavy atom. The van der Waals surface area contributed by atoms with Crippen molar-refractivity contribution in [2.75, 3.05) is 0 Å². The third-order valence-electron chi connectivity index (χ3n) is 2.57. The van der Waals surface area contributed by atoms with Gasteiger partial charge in [0.2, 0.25) is 0 Å². The molecule has 1 N–H and O–H groups in total. The van der Waals surface area contributed by atoms with E-state index in [1.54, 1.807) is 6.20 Å². The molecule has 0 bridgehead atoms. The highest BCUT2D eigenvalue weighted by Crippen LogP contribution is 2.25. The molecule has 0 spiro atoms. The van der Waals surface area contributed by atoms with Gasteiger partial charge in [-0.15, -0.1) is 0 Å². The van der Waals surface area contributed by atoms with E-state index in [0.29, 0.717) is 5.69 Å². The third-order valence-corrected chi connectivity index (χ3v) is 2.57. The van der Waals surface area contributed by atoms with Gasteiger partial charge in [0.1, 0.15) is 5.69 Å². The number of nitrogens with zero attached hydrogens (tertiary/aromatic N) is 1. The molecule has 0 aliphatic rings. The number of hydrogen-bond donors (Lipinski definition) is 1. The van der Waals surface area contributed by atoms with Crippen molar-refractivity contribution in [2.24, 2.45) is 0 Å². The van der Waals surface area contributed by atoms with Crippen LogP contribution in [0.2, 0.25) is 0 Å². The molecule has 0 aliphatic carbocycles. The first-order valence-corrected chi connectivity index (χ1v) is 5.71. The van der Waals surface area contributed by atoms with Gasteiger partial charge in [-0.25, -0.2) is 0 Å². The molecule has 0 saturated heterocycles. The summed E-state index contributed by atoms with van der Waals surface area (Å²) in [5.74, 6) is 0. The molecule has 2 aromatic heterocycles. The summed E-state index contributed by atoms with van der Waals surface area (Å²) < 4.78 is 0. The topological polar surface area (TPSA) is 45.8 Å². The van der Waals surface area contributed by atoms with Crippen molar-refractivity contribution in [3.05, 3.63) is 42.2 Å². The molecule has 88 valence electrons. The van der Waals surface area contributed by atoms with Gasteiger partial charge >= 0.3 is 0 Å². The van der Waals surface area contributed by atoms with Crippen LogP contribution in [0, 0.1) is 0 Å². The number of para-hydroxylation sites is 1. The monoisotopic (exact) mass is 228 g/mol. The van der Waals surface area contributed by atoms with Crippen molar-refractivity contribution in [3.63, 3.8) is 0 Å². The maximum absolute atomic E-state index is 10.8. The van der Waals surface area contributed by atoms with E-state index < -0.39 is 0 Å². The minimum absolute atomic E-state index is 0. The number of fused-ring (bicyclic) bond motifs is 3. The average Bonchev–Trinajstić information content (AvgIpc) is 2.79. The first-order chi connectivity index (χ1) is 8.40. The minimum Gasteiger partial charge on any atom is -0.353 e. The second-order valence-electron chi connectivity index (χ2n) is 3.41. The van der Waals surface area contributed by atoms with Gasteiger partial charge in [-0.05, 0) is 12.1 Å². The van der Waals surface area contributed by atoms with Crippen LogP contribution in [0.4, 0.5) is 0 Å². The molecule has 0 amide bonds. The fourth-order valence-corrected chi connectivity index (χ4v) is 1.88. The Morgan fingerprint density at radius 3 is 2.71 bits per heavy atom. The largest absolute Gasteiger partial charge is 0.353 e. The van der Waals surface area contributed by atoms with Crippen molar-refractivity contribution >= 4 is 28.1 Å². The van der Waals surface area contributed by atoms with Gasteiger partial charge in [-0.2, -0.15) is 0 Å². The Kier molecular flexibility index (Phi) is 3.19. The van der Waals surface area contributed by atoms with Gasteiger partial charge in [0.25, 0.3) is 0 Å². The number of carbonyl (C=O) groups excluding carboxylic acids is 1. The summed E-state index contributed by atoms with van der Waals surface area (Å²) in [6.45, 7) is 4.00. The van der Waals surface area contributed by atoms with Crippen molar-refractivity contribution in [3.8, 4) is 0 Å². The van der Waals surface area contributed by atoms with Crippen molar-refractivity contribution in [1.82, 2.24) is 9.97 Å². The molecular formula is C14H16N2O. The number of aromatic nitrogens is 2. The fourth-order valence-electron chi connectivity index (χ4n) is 1.88. The maximum atomic E-state index is 10.8. The van der Waals surface area contributed by atoms with Crippen LogP contribution in [0.5, 0.6) is 0 Å². The Morgan fingerprint density at radius 1 is 1.18 bits per heavy atom. The molecule has 2 heterocycles. The molecular weight excluding hydrogens is 212 g/mol. The third kappa shape index (κ3) is 1.80. The number of aromatic amines is 1. The lowest BCUT2D eigenvalue weighted by atomic mass is 10.2. The number of H-pyrrole nitrogens is 1. The smallest absolute Gasteiger partial charge is 0.170 e. The van der Waals surface area contributed by atoms with Crippen LogP contribution in [0.3, 0.4) is 0 Å². The van der Waals surface area contributed by atoms with E-state index in [1.807, 2.05) is 44.2 Å². The van der Waals surface area contributed by atoms with Gasteiger partial charge in [-0.1, -0.05) is 32.0 Å². The van der Waals surface area contributed by atoms with E-state index >= 15 is 0 Å². The number of aldehydes is 1. The van der Waals surface area contributed by atoms with Crippen LogP contribution in [0.1, 0.15) is 25.8 Å². The van der Waals surface area contributed by atoms with Crippen molar-refractivity contribution < 1.29 is 6.22 Å². The molecule has 3 nitrogen and oxygen atoms in total. The Hall–Kier alpha value is -2.16. The van der Waals surface area contributed by atoms with Crippen LogP contribution >= 0.6 is 0 Å². The molecule has 0 unspecified atom stereocenters. The molecule has 17 heavy (non-hydrogen) atoms. The minimum atomic E-state index is 0. The molecule has 3 heteroatoms.